The molecule has 1 aliphatic carbocycles. The van der Waals surface area contributed by atoms with E-state index in [1.165, 1.54) is 42.9 Å². The Morgan fingerprint density at radius 3 is 2.76 bits per heavy atom. The predicted molar refractivity (Wildman–Crippen MR) is 71.1 cm³/mol. The van der Waals surface area contributed by atoms with Gasteiger partial charge in [0.25, 0.3) is 0 Å². The van der Waals surface area contributed by atoms with E-state index < -0.39 is 0 Å². The molecule has 94 valence electrons. The number of aromatic nitrogens is 1. The van der Waals surface area contributed by atoms with E-state index in [0.29, 0.717) is 11.5 Å². The molecule has 0 aromatic carbocycles. The van der Waals surface area contributed by atoms with Crippen LogP contribution in [0, 0.1) is 5.41 Å². The van der Waals surface area contributed by atoms with Crippen LogP contribution in [0.15, 0.2) is 5.51 Å². The number of thiazole rings is 1. The Hall–Kier alpha value is -0.450. The normalized spacial score (nSPS) is 27.9. The highest BCUT2D eigenvalue weighted by Gasteiger charge is 2.47. The van der Waals surface area contributed by atoms with Gasteiger partial charge in [-0.3, -0.25) is 0 Å². The van der Waals surface area contributed by atoms with E-state index in [2.05, 4.69) is 23.7 Å². The first-order chi connectivity index (χ1) is 8.12. The van der Waals surface area contributed by atoms with Gasteiger partial charge in [-0.1, -0.05) is 0 Å². The average molecular weight is 251 g/mol. The second kappa shape index (κ2) is 4.04. The largest absolute Gasteiger partial charge is 0.322 e. The maximum Gasteiger partial charge on any atom is 0.0798 e. The molecular weight excluding hydrogens is 230 g/mol. The quantitative estimate of drug-likeness (QED) is 0.832. The van der Waals surface area contributed by atoms with Crippen LogP contribution in [0.4, 0.5) is 0 Å². The zero-order valence-electron chi connectivity index (χ0n) is 10.6. The summed E-state index contributed by atoms with van der Waals surface area (Å²) in [6.07, 6.45) is 3.63. The second-order valence-corrected chi connectivity index (χ2v) is 6.75. The van der Waals surface area contributed by atoms with Crippen LogP contribution >= 0.6 is 11.3 Å². The predicted octanol–water partition coefficient (Wildman–Crippen LogP) is 2.19. The highest BCUT2D eigenvalue weighted by molar-refractivity contribution is 7.09. The molecule has 1 atom stereocenters. The Morgan fingerprint density at radius 1 is 1.47 bits per heavy atom. The number of hydrogen-bond donors (Lipinski definition) is 1. The Balaban J connectivity index is 1.76. The molecule has 0 saturated carbocycles. The van der Waals surface area contributed by atoms with Gasteiger partial charge in [0.1, 0.15) is 0 Å². The van der Waals surface area contributed by atoms with Crippen molar-refractivity contribution >= 4 is 11.3 Å². The molecule has 0 radical (unpaired) electrons. The fourth-order valence-electron chi connectivity index (χ4n) is 3.36. The maximum atomic E-state index is 6.45. The van der Waals surface area contributed by atoms with Crippen molar-refractivity contribution in [3.8, 4) is 0 Å². The fraction of sp³-hybridized carbons (Fsp3) is 0.769. The van der Waals surface area contributed by atoms with Gasteiger partial charge in [-0.05, 0) is 51.6 Å². The first-order valence-corrected chi connectivity index (χ1v) is 7.42. The molecular formula is C13H21N3S. The van der Waals surface area contributed by atoms with E-state index in [1.807, 2.05) is 5.51 Å². The number of nitrogens with zero attached hydrogens (tertiary/aromatic N) is 2. The van der Waals surface area contributed by atoms with Gasteiger partial charge in [0.2, 0.25) is 0 Å². The smallest absolute Gasteiger partial charge is 0.0798 e. The highest BCUT2D eigenvalue weighted by atomic mass is 32.1. The molecule has 1 saturated heterocycles. The third-order valence-electron chi connectivity index (χ3n) is 4.66. The molecule has 1 spiro atoms. The van der Waals surface area contributed by atoms with Crippen LogP contribution in [-0.2, 0) is 6.42 Å². The van der Waals surface area contributed by atoms with Crippen LogP contribution in [0.1, 0.15) is 43.3 Å². The molecule has 2 heterocycles. The number of likely N-dealkylation sites (tertiary alicyclic amines) is 1. The van der Waals surface area contributed by atoms with E-state index in [9.17, 15) is 0 Å². The number of fused-ring (bicyclic) bond motifs is 1. The SMILES string of the molecule is CC(C)N1CCC2(CC1)Cc1scnc1[C@@H]2N. The lowest BCUT2D eigenvalue weighted by molar-refractivity contribution is 0.0706. The summed E-state index contributed by atoms with van der Waals surface area (Å²) in [7, 11) is 0. The molecule has 0 unspecified atom stereocenters. The minimum absolute atomic E-state index is 0.179. The van der Waals surface area contributed by atoms with Crippen molar-refractivity contribution in [2.45, 2.75) is 45.2 Å². The van der Waals surface area contributed by atoms with E-state index in [1.54, 1.807) is 11.3 Å². The Kier molecular flexibility index (Phi) is 2.76. The van der Waals surface area contributed by atoms with Gasteiger partial charge in [0.15, 0.2) is 0 Å². The van der Waals surface area contributed by atoms with Gasteiger partial charge in [0, 0.05) is 10.9 Å². The zero-order valence-corrected chi connectivity index (χ0v) is 11.5. The minimum Gasteiger partial charge on any atom is -0.322 e. The summed E-state index contributed by atoms with van der Waals surface area (Å²) in [5.74, 6) is 0. The van der Waals surface area contributed by atoms with Gasteiger partial charge >= 0.3 is 0 Å². The van der Waals surface area contributed by atoms with Gasteiger partial charge in [-0.25, -0.2) is 4.98 Å². The lowest BCUT2D eigenvalue weighted by Crippen LogP contribution is -2.46. The fourth-order valence-corrected chi connectivity index (χ4v) is 4.32. The number of rotatable bonds is 1. The Bertz CT molecular complexity index is 405. The van der Waals surface area contributed by atoms with Crippen molar-refractivity contribution in [1.82, 2.24) is 9.88 Å². The Labute approximate surface area is 107 Å². The van der Waals surface area contributed by atoms with Gasteiger partial charge < -0.3 is 10.6 Å². The standard InChI is InChI=1S/C13H21N3S/c1-9(2)16-5-3-13(4-6-16)7-10-11(12(13)14)15-8-17-10/h8-9,12H,3-7,14H2,1-2H3/t12-/m0/s1. The van der Waals surface area contributed by atoms with Crippen LogP contribution in [0.25, 0.3) is 0 Å². The summed E-state index contributed by atoms with van der Waals surface area (Å²) < 4.78 is 0. The van der Waals surface area contributed by atoms with Crippen molar-refractivity contribution in [3.63, 3.8) is 0 Å². The third-order valence-corrected chi connectivity index (χ3v) is 5.51. The molecule has 1 aromatic heterocycles. The summed E-state index contributed by atoms with van der Waals surface area (Å²) >= 11 is 1.79. The van der Waals surface area contributed by atoms with Crippen LogP contribution in [-0.4, -0.2) is 29.0 Å². The summed E-state index contributed by atoms with van der Waals surface area (Å²) in [5, 5.41) is 0. The summed E-state index contributed by atoms with van der Waals surface area (Å²) in [5.41, 5.74) is 9.90. The molecule has 1 aromatic rings. The number of nitrogens with two attached hydrogens (primary N) is 1. The Morgan fingerprint density at radius 2 is 2.18 bits per heavy atom. The molecule has 1 aliphatic heterocycles. The molecule has 1 fully saturated rings. The summed E-state index contributed by atoms with van der Waals surface area (Å²) in [6.45, 7) is 6.95. The molecule has 4 heteroatoms. The first kappa shape index (κ1) is 11.6. The topological polar surface area (TPSA) is 42.2 Å². The molecule has 0 amide bonds. The zero-order chi connectivity index (χ0) is 12.0. The van der Waals surface area contributed by atoms with E-state index >= 15 is 0 Å². The van der Waals surface area contributed by atoms with E-state index in [4.69, 9.17) is 5.73 Å². The van der Waals surface area contributed by atoms with Gasteiger partial charge in [-0.15, -0.1) is 11.3 Å². The third kappa shape index (κ3) is 1.74. The van der Waals surface area contributed by atoms with Crippen molar-refractivity contribution < 1.29 is 0 Å². The van der Waals surface area contributed by atoms with Gasteiger partial charge in [-0.2, -0.15) is 0 Å². The van der Waals surface area contributed by atoms with Crippen molar-refractivity contribution in [1.29, 1.82) is 0 Å². The van der Waals surface area contributed by atoms with Crippen molar-refractivity contribution in [2.24, 2.45) is 11.1 Å². The molecule has 0 bridgehead atoms. The van der Waals surface area contributed by atoms with Crippen LogP contribution in [0.5, 0.6) is 0 Å². The molecule has 2 aliphatic rings. The van der Waals surface area contributed by atoms with Crippen LogP contribution in [0.2, 0.25) is 0 Å². The first-order valence-electron chi connectivity index (χ1n) is 6.54. The van der Waals surface area contributed by atoms with E-state index in [0.717, 1.165) is 0 Å². The highest BCUT2D eigenvalue weighted by Crippen LogP contribution is 2.51. The lowest BCUT2D eigenvalue weighted by Gasteiger charge is -2.43. The maximum absolute atomic E-state index is 6.45. The number of hydrogen-bond acceptors (Lipinski definition) is 4. The van der Waals surface area contributed by atoms with Crippen molar-refractivity contribution in [3.05, 3.63) is 16.1 Å². The molecule has 17 heavy (non-hydrogen) atoms. The monoisotopic (exact) mass is 251 g/mol. The lowest BCUT2D eigenvalue weighted by atomic mass is 9.73. The van der Waals surface area contributed by atoms with Crippen LogP contribution in [0.3, 0.4) is 0 Å². The summed E-state index contributed by atoms with van der Waals surface area (Å²) in [6, 6.07) is 0.843. The molecule has 3 nitrogen and oxygen atoms in total. The summed E-state index contributed by atoms with van der Waals surface area (Å²) in [4.78, 5) is 8.47. The van der Waals surface area contributed by atoms with Crippen LogP contribution < -0.4 is 5.73 Å². The molecule has 3 rings (SSSR count). The second-order valence-electron chi connectivity index (χ2n) is 5.81. The van der Waals surface area contributed by atoms with Crippen molar-refractivity contribution in [2.75, 3.05) is 13.1 Å². The number of piperidine rings is 1. The minimum atomic E-state index is 0.179. The molecule has 2 N–H and O–H groups in total. The average Bonchev–Trinajstić information content (AvgIpc) is 2.84. The van der Waals surface area contributed by atoms with E-state index in [-0.39, 0.29) is 6.04 Å². The van der Waals surface area contributed by atoms with Gasteiger partial charge in [0.05, 0.1) is 17.2 Å².